The number of piperidine rings is 1. The number of nitrogens with one attached hydrogen (secondary N) is 1. The molecule has 0 radical (unpaired) electrons. The third-order valence-corrected chi connectivity index (χ3v) is 5.01. The largest absolute Gasteiger partial charge is 0.384 e. The summed E-state index contributed by atoms with van der Waals surface area (Å²) in [5.41, 5.74) is 2.78. The van der Waals surface area contributed by atoms with Gasteiger partial charge < -0.3 is 10.2 Å². The fraction of sp³-hybridized carbons (Fsp3) is 0.667. The summed E-state index contributed by atoms with van der Waals surface area (Å²) >= 11 is 0. The molecule has 1 N–H and O–H groups in total. The Morgan fingerprint density at radius 1 is 1.19 bits per heavy atom. The smallest absolute Gasteiger partial charge is 0.0352 e. The van der Waals surface area contributed by atoms with E-state index in [1.165, 1.54) is 49.9 Å². The minimum atomic E-state index is 0.658. The maximum Gasteiger partial charge on any atom is 0.0352 e. The number of anilines is 1. The van der Waals surface area contributed by atoms with Gasteiger partial charge in [-0.05, 0) is 64.0 Å². The minimum Gasteiger partial charge on any atom is -0.384 e. The summed E-state index contributed by atoms with van der Waals surface area (Å²) in [6.07, 6.45) is 6.96. The van der Waals surface area contributed by atoms with Crippen molar-refractivity contribution in [3.63, 3.8) is 0 Å². The van der Waals surface area contributed by atoms with Crippen molar-refractivity contribution in [2.24, 2.45) is 0 Å². The van der Waals surface area contributed by atoms with Gasteiger partial charge in [0, 0.05) is 30.9 Å². The van der Waals surface area contributed by atoms with Crippen molar-refractivity contribution in [1.82, 2.24) is 9.80 Å². The molecule has 2 fully saturated rings. The summed E-state index contributed by atoms with van der Waals surface area (Å²) in [6.45, 7) is 3.38. The van der Waals surface area contributed by atoms with Crippen molar-refractivity contribution in [2.75, 3.05) is 39.0 Å². The van der Waals surface area contributed by atoms with E-state index in [1.807, 2.05) is 0 Å². The molecule has 21 heavy (non-hydrogen) atoms. The summed E-state index contributed by atoms with van der Waals surface area (Å²) < 4.78 is 0. The van der Waals surface area contributed by atoms with E-state index in [2.05, 4.69) is 53.5 Å². The second-order valence-electron chi connectivity index (χ2n) is 6.84. The van der Waals surface area contributed by atoms with Crippen LogP contribution in [0.3, 0.4) is 0 Å². The maximum atomic E-state index is 3.55. The molecule has 2 aliphatic rings. The van der Waals surface area contributed by atoms with Gasteiger partial charge in [-0.15, -0.1) is 0 Å². The Hall–Kier alpha value is -1.06. The van der Waals surface area contributed by atoms with Gasteiger partial charge in [0.05, 0.1) is 0 Å². The van der Waals surface area contributed by atoms with Gasteiger partial charge in [-0.2, -0.15) is 0 Å². The molecule has 2 saturated heterocycles. The molecule has 2 heterocycles. The number of nitrogens with zero attached hydrogens (tertiary/aromatic N) is 2. The van der Waals surface area contributed by atoms with Crippen LogP contribution in [0.5, 0.6) is 0 Å². The number of hydrogen-bond acceptors (Lipinski definition) is 3. The van der Waals surface area contributed by atoms with E-state index in [-0.39, 0.29) is 0 Å². The number of fused-ring (bicyclic) bond motifs is 1. The second-order valence-corrected chi connectivity index (χ2v) is 6.84. The summed E-state index contributed by atoms with van der Waals surface area (Å²) in [4.78, 5) is 4.98. The molecule has 3 nitrogen and oxygen atoms in total. The highest BCUT2D eigenvalue weighted by molar-refractivity contribution is 5.46. The SMILES string of the molecule is CN(C)CCNc1cccc([C@H]2CC[C@H]3CCCCN32)c1. The summed E-state index contributed by atoms with van der Waals surface area (Å²) in [7, 11) is 4.24. The maximum absolute atomic E-state index is 3.55. The third-order valence-electron chi connectivity index (χ3n) is 5.01. The Kier molecular flexibility index (Phi) is 4.81. The normalized spacial score (nSPS) is 26.0. The molecule has 1 aromatic rings. The lowest BCUT2D eigenvalue weighted by Crippen LogP contribution is -2.35. The molecule has 0 bridgehead atoms. The Bertz CT molecular complexity index is 458. The van der Waals surface area contributed by atoms with Crippen LogP contribution < -0.4 is 5.32 Å². The standard InChI is InChI=1S/C18H29N3/c1-20(2)13-11-19-16-7-5-6-15(14-16)18-10-9-17-8-3-4-12-21(17)18/h5-7,14,17-19H,3-4,8-13H2,1-2H3/t17-,18-/m1/s1. The lowest BCUT2D eigenvalue weighted by Gasteiger charge is -2.34. The van der Waals surface area contributed by atoms with E-state index in [0.29, 0.717) is 6.04 Å². The topological polar surface area (TPSA) is 18.5 Å². The summed E-state index contributed by atoms with van der Waals surface area (Å²) in [5.74, 6) is 0. The van der Waals surface area contributed by atoms with Crippen molar-refractivity contribution in [3.8, 4) is 0 Å². The predicted molar refractivity (Wildman–Crippen MR) is 89.8 cm³/mol. The van der Waals surface area contributed by atoms with Crippen molar-refractivity contribution < 1.29 is 0 Å². The van der Waals surface area contributed by atoms with Crippen molar-refractivity contribution in [1.29, 1.82) is 0 Å². The van der Waals surface area contributed by atoms with E-state index in [1.54, 1.807) is 0 Å². The zero-order valence-corrected chi connectivity index (χ0v) is 13.5. The number of hydrogen-bond donors (Lipinski definition) is 1. The van der Waals surface area contributed by atoms with Crippen molar-refractivity contribution in [3.05, 3.63) is 29.8 Å². The van der Waals surface area contributed by atoms with Crippen LogP contribution >= 0.6 is 0 Å². The molecular formula is C18H29N3. The molecular weight excluding hydrogens is 258 g/mol. The third kappa shape index (κ3) is 3.58. The van der Waals surface area contributed by atoms with Gasteiger partial charge in [0.2, 0.25) is 0 Å². The highest BCUT2D eigenvalue weighted by Gasteiger charge is 2.35. The summed E-state index contributed by atoms with van der Waals surface area (Å²) in [6, 6.07) is 10.6. The van der Waals surface area contributed by atoms with E-state index in [4.69, 9.17) is 0 Å². The van der Waals surface area contributed by atoms with Gasteiger partial charge in [0.15, 0.2) is 0 Å². The average Bonchev–Trinajstić information content (AvgIpc) is 2.91. The Balaban J connectivity index is 1.65. The first-order valence-electron chi connectivity index (χ1n) is 8.48. The van der Waals surface area contributed by atoms with E-state index < -0.39 is 0 Å². The van der Waals surface area contributed by atoms with Gasteiger partial charge in [-0.1, -0.05) is 18.6 Å². The molecule has 0 unspecified atom stereocenters. The van der Waals surface area contributed by atoms with Crippen LogP contribution in [0.25, 0.3) is 0 Å². The molecule has 0 saturated carbocycles. The molecule has 3 rings (SSSR count). The van der Waals surface area contributed by atoms with Crippen LogP contribution in [0.1, 0.15) is 43.7 Å². The second kappa shape index (κ2) is 6.80. The first-order valence-corrected chi connectivity index (χ1v) is 8.48. The quantitative estimate of drug-likeness (QED) is 0.896. The lowest BCUT2D eigenvalue weighted by molar-refractivity contribution is 0.150. The molecule has 0 spiro atoms. The first-order chi connectivity index (χ1) is 10.2. The van der Waals surface area contributed by atoms with Crippen LogP contribution in [0.15, 0.2) is 24.3 Å². The lowest BCUT2D eigenvalue weighted by atomic mass is 10.0. The van der Waals surface area contributed by atoms with Gasteiger partial charge in [-0.3, -0.25) is 4.90 Å². The predicted octanol–water partition coefficient (Wildman–Crippen LogP) is 3.35. The highest BCUT2D eigenvalue weighted by atomic mass is 15.2. The molecule has 0 amide bonds. The number of rotatable bonds is 5. The highest BCUT2D eigenvalue weighted by Crippen LogP contribution is 2.40. The zero-order valence-electron chi connectivity index (χ0n) is 13.5. The molecule has 0 aromatic heterocycles. The van der Waals surface area contributed by atoms with Crippen LogP contribution in [-0.2, 0) is 0 Å². The molecule has 2 atom stereocenters. The van der Waals surface area contributed by atoms with Crippen LogP contribution in [0.2, 0.25) is 0 Å². The fourth-order valence-corrected chi connectivity index (χ4v) is 3.90. The Labute approximate surface area is 129 Å². The van der Waals surface area contributed by atoms with Crippen molar-refractivity contribution in [2.45, 2.75) is 44.2 Å². The number of benzene rings is 1. The van der Waals surface area contributed by atoms with Crippen LogP contribution in [0, 0.1) is 0 Å². The monoisotopic (exact) mass is 287 g/mol. The van der Waals surface area contributed by atoms with Crippen LogP contribution in [0.4, 0.5) is 5.69 Å². The molecule has 1 aromatic carbocycles. The number of likely N-dealkylation sites (N-methyl/N-ethyl adjacent to an activating group) is 1. The van der Waals surface area contributed by atoms with E-state index >= 15 is 0 Å². The van der Waals surface area contributed by atoms with Gasteiger partial charge in [0.25, 0.3) is 0 Å². The van der Waals surface area contributed by atoms with E-state index in [9.17, 15) is 0 Å². The van der Waals surface area contributed by atoms with Gasteiger partial charge in [0.1, 0.15) is 0 Å². The van der Waals surface area contributed by atoms with Gasteiger partial charge in [-0.25, -0.2) is 0 Å². The van der Waals surface area contributed by atoms with Gasteiger partial charge >= 0.3 is 0 Å². The van der Waals surface area contributed by atoms with Crippen molar-refractivity contribution >= 4 is 5.69 Å². The average molecular weight is 287 g/mol. The molecule has 116 valence electrons. The van der Waals surface area contributed by atoms with E-state index in [0.717, 1.165) is 19.1 Å². The molecule has 2 aliphatic heterocycles. The first kappa shape index (κ1) is 14.9. The minimum absolute atomic E-state index is 0.658. The van der Waals surface area contributed by atoms with Crippen LogP contribution in [-0.4, -0.2) is 49.6 Å². The molecule has 3 heteroatoms. The molecule has 0 aliphatic carbocycles. The summed E-state index contributed by atoms with van der Waals surface area (Å²) in [5, 5.41) is 3.55. The Morgan fingerprint density at radius 2 is 2.10 bits per heavy atom. The Morgan fingerprint density at radius 3 is 2.95 bits per heavy atom. The zero-order chi connectivity index (χ0) is 14.7. The fourth-order valence-electron chi connectivity index (χ4n) is 3.90.